The molecule has 0 aliphatic heterocycles. The van der Waals surface area contributed by atoms with Crippen molar-refractivity contribution in [2.75, 3.05) is 14.1 Å². The maximum atomic E-state index is 10.1. The van der Waals surface area contributed by atoms with Gasteiger partial charge < -0.3 is 14.8 Å². The Morgan fingerprint density at radius 3 is 1.79 bits per heavy atom. The number of nitrogens with one attached hydrogen (secondary N) is 1. The van der Waals surface area contributed by atoms with E-state index >= 15 is 0 Å². The van der Waals surface area contributed by atoms with Crippen molar-refractivity contribution < 1.29 is 14.8 Å². The Morgan fingerprint density at radius 1 is 0.947 bits per heavy atom. The molecule has 2 rings (SSSR count). The highest BCUT2D eigenvalue weighted by atomic mass is 16.4. The summed E-state index contributed by atoms with van der Waals surface area (Å²) in [4.78, 5) is 11.6. The fourth-order valence-electron chi connectivity index (χ4n) is 1.58. The normalized spacial score (nSPS) is 9.63. The molecule has 0 spiro atoms. The molecule has 100 valence electrons. The van der Waals surface area contributed by atoms with Crippen molar-refractivity contribution in [2.24, 2.45) is 0 Å². The zero-order chi connectivity index (χ0) is 14.1. The quantitative estimate of drug-likeness (QED) is 0.864. The molecule has 2 aromatic rings. The van der Waals surface area contributed by atoms with Crippen LogP contribution >= 0.6 is 0 Å². The second kappa shape index (κ2) is 8.06. The van der Waals surface area contributed by atoms with Crippen LogP contribution in [0, 0.1) is 0 Å². The lowest BCUT2D eigenvalue weighted by molar-refractivity contribution is -0.872. The molecule has 2 aromatic carbocycles. The number of carboxylic acids is 1. The molecule has 0 saturated heterocycles. The highest BCUT2D eigenvalue weighted by Gasteiger charge is 1.93. The van der Waals surface area contributed by atoms with Crippen molar-refractivity contribution in [1.82, 2.24) is 0 Å². The SMILES string of the molecule is C[NH+](C)Cc1ccccc1.O=C([O-])c1ccccc1. The summed E-state index contributed by atoms with van der Waals surface area (Å²) >= 11 is 0. The second-order valence-electron chi connectivity index (χ2n) is 4.52. The minimum atomic E-state index is -1.13. The van der Waals surface area contributed by atoms with Gasteiger partial charge in [-0.25, -0.2) is 0 Å². The van der Waals surface area contributed by atoms with Gasteiger partial charge in [0, 0.05) is 5.56 Å². The summed E-state index contributed by atoms with van der Waals surface area (Å²) in [6.45, 7) is 1.11. The van der Waals surface area contributed by atoms with Crippen LogP contribution in [-0.2, 0) is 6.54 Å². The Labute approximate surface area is 114 Å². The van der Waals surface area contributed by atoms with E-state index in [1.807, 2.05) is 0 Å². The summed E-state index contributed by atoms with van der Waals surface area (Å²) in [5, 5.41) is 10.1. The summed E-state index contributed by atoms with van der Waals surface area (Å²) < 4.78 is 0. The van der Waals surface area contributed by atoms with Crippen molar-refractivity contribution in [2.45, 2.75) is 6.54 Å². The first-order chi connectivity index (χ1) is 9.09. The number of hydrogen-bond acceptors (Lipinski definition) is 2. The number of rotatable bonds is 3. The molecule has 0 radical (unpaired) electrons. The van der Waals surface area contributed by atoms with E-state index < -0.39 is 5.97 Å². The first-order valence-corrected chi connectivity index (χ1v) is 6.19. The number of carbonyl (C=O) groups excluding carboxylic acids is 1. The molecule has 0 amide bonds. The van der Waals surface area contributed by atoms with Gasteiger partial charge in [-0.15, -0.1) is 0 Å². The Kier molecular flexibility index (Phi) is 6.33. The Bertz CT molecular complexity index is 481. The van der Waals surface area contributed by atoms with E-state index in [1.54, 1.807) is 18.2 Å². The average Bonchev–Trinajstić information content (AvgIpc) is 2.41. The summed E-state index contributed by atoms with van der Waals surface area (Å²) in [5.74, 6) is -1.13. The van der Waals surface area contributed by atoms with Crippen molar-refractivity contribution in [3.05, 3.63) is 71.8 Å². The molecule has 3 nitrogen and oxygen atoms in total. The fraction of sp³-hybridized carbons (Fsp3) is 0.188. The molecule has 0 unspecified atom stereocenters. The van der Waals surface area contributed by atoms with Gasteiger partial charge in [-0.05, 0) is 5.56 Å². The number of hydrogen-bond donors (Lipinski definition) is 1. The van der Waals surface area contributed by atoms with Gasteiger partial charge in [-0.1, -0.05) is 60.7 Å². The monoisotopic (exact) mass is 257 g/mol. The third kappa shape index (κ3) is 6.38. The maximum Gasteiger partial charge on any atom is 0.102 e. The van der Waals surface area contributed by atoms with Gasteiger partial charge in [0.15, 0.2) is 0 Å². The first kappa shape index (κ1) is 14.9. The number of aromatic carboxylic acids is 1. The van der Waals surface area contributed by atoms with E-state index in [9.17, 15) is 9.90 Å². The first-order valence-electron chi connectivity index (χ1n) is 6.19. The van der Waals surface area contributed by atoms with Crippen molar-refractivity contribution in [1.29, 1.82) is 0 Å². The molecule has 0 heterocycles. The molecule has 0 aliphatic rings. The van der Waals surface area contributed by atoms with Gasteiger partial charge in [0.05, 0.1) is 20.1 Å². The highest BCUT2D eigenvalue weighted by Crippen LogP contribution is 1.95. The van der Waals surface area contributed by atoms with Crippen LogP contribution in [0.1, 0.15) is 15.9 Å². The van der Waals surface area contributed by atoms with Crippen LogP contribution in [0.2, 0.25) is 0 Å². The van der Waals surface area contributed by atoms with E-state index in [0.717, 1.165) is 6.54 Å². The maximum absolute atomic E-state index is 10.1. The van der Waals surface area contributed by atoms with Crippen LogP contribution in [0.15, 0.2) is 60.7 Å². The van der Waals surface area contributed by atoms with E-state index in [1.165, 1.54) is 22.6 Å². The third-order valence-electron chi connectivity index (χ3n) is 2.41. The molecule has 0 atom stereocenters. The average molecular weight is 257 g/mol. The van der Waals surface area contributed by atoms with Gasteiger partial charge in [-0.3, -0.25) is 0 Å². The van der Waals surface area contributed by atoms with Crippen molar-refractivity contribution >= 4 is 5.97 Å². The number of quaternary nitrogens is 1. The Morgan fingerprint density at radius 2 is 1.42 bits per heavy atom. The molecule has 0 saturated carbocycles. The predicted octanol–water partition coefficient (Wildman–Crippen LogP) is 0.381. The zero-order valence-corrected chi connectivity index (χ0v) is 11.3. The van der Waals surface area contributed by atoms with Gasteiger partial charge >= 0.3 is 0 Å². The van der Waals surface area contributed by atoms with E-state index in [0.29, 0.717) is 0 Å². The van der Waals surface area contributed by atoms with E-state index in [4.69, 9.17) is 0 Å². The van der Waals surface area contributed by atoms with Crippen molar-refractivity contribution in [3.8, 4) is 0 Å². The topological polar surface area (TPSA) is 44.6 Å². The van der Waals surface area contributed by atoms with Crippen LogP contribution in [0.25, 0.3) is 0 Å². The van der Waals surface area contributed by atoms with Crippen LogP contribution < -0.4 is 10.0 Å². The van der Waals surface area contributed by atoms with Gasteiger partial charge in [0.2, 0.25) is 0 Å². The standard InChI is InChI=1S/C9H13N.C7H6O2/c1-10(2)8-9-6-4-3-5-7-9;8-7(9)6-4-2-1-3-5-6/h3-7H,8H2,1-2H3;1-5H,(H,8,9). The predicted molar refractivity (Wildman–Crippen MR) is 73.7 cm³/mol. The molecular weight excluding hydrogens is 238 g/mol. The molecular formula is C16H19NO2. The summed E-state index contributed by atoms with van der Waals surface area (Å²) in [7, 11) is 4.32. The van der Waals surface area contributed by atoms with Crippen LogP contribution in [-0.4, -0.2) is 20.1 Å². The lowest BCUT2D eigenvalue weighted by Gasteiger charge is -2.05. The largest absolute Gasteiger partial charge is 0.545 e. The smallest absolute Gasteiger partial charge is 0.102 e. The molecule has 19 heavy (non-hydrogen) atoms. The summed E-state index contributed by atoms with van der Waals surface area (Å²) in [6.07, 6.45) is 0. The highest BCUT2D eigenvalue weighted by molar-refractivity contribution is 5.85. The Balaban J connectivity index is 0.000000191. The molecule has 1 N–H and O–H groups in total. The minimum Gasteiger partial charge on any atom is -0.545 e. The van der Waals surface area contributed by atoms with Gasteiger partial charge in [-0.2, -0.15) is 0 Å². The Hall–Kier alpha value is -2.13. The minimum absolute atomic E-state index is 0.220. The van der Waals surface area contributed by atoms with Crippen LogP contribution in [0.4, 0.5) is 0 Å². The fourth-order valence-corrected chi connectivity index (χ4v) is 1.58. The van der Waals surface area contributed by atoms with E-state index in [2.05, 4.69) is 44.4 Å². The molecule has 3 heteroatoms. The van der Waals surface area contributed by atoms with Crippen molar-refractivity contribution in [3.63, 3.8) is 0 Å². The van der Waals surface area contributed by atoms with Crippen LogP contribution in [0.3, 0.4) is 0 Å². The number of carbonyl (C=O) groups is 1. The molecule has 0 aromatic heterocycles. The summed E-state index contributed by atoms with van der Waals surface area (Å²) in [6, 6.07) is 18.6. The summed E-state index contributed by atoms with van der Waals surface area (Å²) in [5.41, 5.74) is 1.63. The zero-order valence-electron chi connectivity index (χ0n) is 11.3. The second-order valence-corrected chi connectivity index (χ2v) is 4.52. The van der Waals surface area contributed by atoms with Gasteiger partial charge in [0.1, 0.15) is 6.54 Å². The molecule has 0 bridgehead atoms. The van der Waals surface area contributed by atoms with Crippen LogP contribution in [0.5, 0.6) is 0 Å². The number of benzene rings is 2. The van der Waals surface area contributed by atoms with E-state index in [-0.39, 0.29) is 5.56 Å². The molecule has 0 aliphatic carbocycles. The lowest BCUT2D eigenvalue weighted by atomic mass is 10.2. The lowest BCUT2D eigenvalue weighted by Crippen LogP contribution is -3.04. The van der Waals surface area contributed by atoms with Gasteiger partial charge in [0.25, 0.3) is 0 Å². The molecule has 0 fully saturated rings. The third-order valence-corrected chi connectivity index (χ3v) is 2.41. The number of carboxylic acid groups (broad SMARTS) is 1.